The first-order valence-corrected chi connectivity index (χ1v) is 8.89. The van der Waals surface area contributed by atoms with E-state index in [-0.39, 0.29) is 20.6 Å². The summed E-state index contributed by atoms with van der Waals surface area (Å²) in [6, 6.07) is 20.0. The number of hydrogen-bond donors (Lipinski definition) is 1. The van der Waals surface area contributed by atoms with Crippen LogP contribution < -0.4 is 10.1 Å². The number of halogens is 3. The SMILES string of the molecule is O=C(Nc1ccc(OCc2ccccc2)cc1)c1c(Cl)ccc(Cl)c1Cl. The molecule has 1 N–H and O–H groups in total. The number of carbonyl (C=O) groups is 1. The van der Waals surface area contributed by atoms with Crippen molar-refractivity contribution in [3.8, 4) is 5.75 Å². The van der Waals surface area contributed by atoms with Gasteiger partial charge in [0.05, 0.1) is 20.6 Å². The van der Waals surface area contributed by atoms with Crippen molar-refractivity contribution in [1.82, 2.24) is 0 Å². The molecule has 0 heterocycles. The highest BCUT2D eigenvalue weighted by atomic mass is 35.5. The molecule has 0 unspecified atom stereocenters. The van der Waals surface area contributed by atoms with Gasteiger partial charge in [0, 0.05) is 5.69 Å². The van der Waals surface area contributed by atoms with E-state index < -0.39 is 5.91 Å². The Hall–Kier alpha value is -2.20. The zero-order valence-corrected chi connectivity index (χ0v) is 15.8. The lowest BCUT2D eigenvalue weighted by molar-refractivity contribution is 0.102. The normalized spacial score (nSPS) is 10.4. The largest absolute Gasteiger partial charge is 0.489 e. The summed E-state index contributed by atoms with van der Waals surface area (Å²) in [6.45, 7) is 0.472. The van der Waals surface area contributed by atoms with Gasteiger partial charge in [0.2, 0.25) is 0 Å². The van der Waals surface area contributed by atoms with Crippen LogP contribution in [0.1, 0.15) is 15.9 Å². The minimum atomic E-state index is -0.430. The van der Waals surface area contributed by atoms with Crippen LogP contribution >= 0.6 is 34.8 Å². The summed E-state index contributed by atoms with van der Waals surface area (Å²) in [5, 5.41) is 3.38. The lowest BCUT2D eigenvalue weighted by atomic mass is 10.2. The summed E-state index contributed by atoms with van der Waals surface area (Å²) in [7, 11) is 0. The van der Waals surface area contributed by atoms with E-state index in [1.165, 1.54) is 6.07 Å². The molecule has 0 aliphatic heterocycles. The molecule has 0 aromatic heterocycles. The highest BCUT2D eigenvalue weighted by Gasteiger charge is 2.17. The van der Waals surface area contributed by atoms with Gasteiger partial charge in [-0.15, -0.1) is 0 Å². The molecule has 6 heteroatoms. The number of carbonyl (C=O) groups excluding carboxylic acids is 1. The average molecular weight is 407 g/mol. The number of hydrogen-bond acceptors (Lipinski definition) is 2. The van der Waals surface area contributed by atoms with Crippen molar-refractivity contribution in [3.05, 3.63) is 92.9 Å². The minimum absolute atomic E-state index is 0.125. The molecule has 0 spiro atoms. The first-order chi connectivity index (χ1) is 12.5. The maximum Gasteiger partial charge on any atom is 0.258 e. The van der Waals surface area contributed by atoms with Crippen molar-refractivity contribution < 1.29 is 9.53 Å². The molecular formula is C20H14Cl3NO2. The van der Waals surface area contributed by atoms with Gasteiger partial charge in [-0.05, 0) is 42.0 Å². The smallest absolute Gasteiger partial charge is 0.258 e. The fraction of sp³-hybridized carbons (Fsp3) is 0.0500. The van der Waals surface area contributed by atoms with E-state index in [1.807, 2.05) is 30.3 Å². The number of anilines is 1. The van der Waals surface area contributed by atoms with Crippen LogP contribution in [0.25, 0.3) is 0 Å². The van der Waals surface area contributed by atoms with Gasteiger partial charge in [0.25, 0.3) is 5.91 Å². The summed E-state index contributed by atoms with van der Waals surface area (Å²) in [6.07, 6.45) is 0. The Balaban J connectivity index is 1.66. The van der Waals surface area contributed by atoms with E-state index in [0.717, 1.165) is 5.56 Å². The van der Waals surface area contributed by atoms with Crippen LogP contribution in [0.2, 0.25) is 15.1 Å². The average Bonchev–Trinajstić information content (AvgIpc) is 2.65. The molecule has 0 atom stereocenters. The molecule has 0 saturated carbocycles. The molecule has 0 saturated heterocycles. The third-order valence-corrected chi connectivity index (χ3v) is 4.75. The predicted octanol–water partition coefficient (Wildman–Crippen LogP) is 6.48. The standard InChI is InChI=1S/C20H14Cl3NO2/c21-16-10-11-17(22)19(23)18(16)20(25)24-14-6-8-15(9-7-14)26-12-13-4-2-1-3-5-13/h1-11H,12H2,(H,24,25). The van der Waals surface area contributed by atoms with E-state index in [1.54, 1.807) is 30.3 Å². The number of ether oxygens (including phenoxy) is 1. The Kier molecular flexibility index (Phi) is 6.04. The van der Waals surface area contributed by atoms with E-state index in [2.05, 4.69) is 5.32 Å². The molecule has 26 heavy (non-hydrogen) atoms. The maximum absolute atomic E-state index is 12.4. The summed E-state index contributed by atoms with van der Waals surface area (Å²) in [4.78, 5) is 12.4. The van der Waals surface area contributed by atoms with E-state index >= 15 is 0 Å². The first-order valence-electron chi connectivity index (χ1n) is 7.76. The zero-order valence-electron chi connectivity index (χ0n) is 13.5. The van der Waals surface area contributed by atoms with Gasteiger partial charge in [-0.3, -0.25) is 4.79 Å². The molecule has 3 aromatic rings. The Labute approximate surface area is 166 Å². The molecule has 3 nitrogen and oxygen atoms in total. The molecule has 0 aliphatic rings. The van der Waals surface area contributed by atoms with Gasteiger partial charge in [0.1, 0.15) is 12.4 Å². The van der Waals surface area contributed by atoms with Crippen LogP contribution in [0.5, 0.6) is 5.75 Å². The second kappa shape index (κ2) is 8.45. The zero-order chi connectivity index (χ0) is 18.5. The van der Waals surface area contributed by atoms with Crippen molar-refractivity contribution >= 4 is 46.4 Å². The van der Waals surface area contributed by atoms with Gasteiger partial charge in [-0.2, -0.15) is 0 Å². The van der Waals surface area contributed by atoms with Gasteiger partial charge >= 0.3 is 0 Å². The number of nitrogens with one attached hydrogen (secondary N) is 1. The fourth-order valence-electron chi connectivity index (χ4n) is 2.30. The highest BCUT2D eigenvalue weighted by molar-refractivity contribution is 6.46. The van der Waals surface area contributed by atoms with Crippen molar-refractivity contribution in [2.45, 2.75) is 6.61 Å². The molecule has 0 bridgehead atoms. The quantitative estimate of drug-likeness (QED) is 0.493. The van der Waals surface area contributed by atoms with Crippen LogP contribution in [-0.4, -0.2) is 5.91 Å². The second-order valence-electron chi connectivity index (χ2n) is 5.47. The molecule has 3 aromatic carbocycles. The van der Waals surface area contributed by atoms with E-state index in [9.17, 15) is 4.79 Å². The fourth-order valence-corrected chi connectivity index (χ4v) is 3.00. The summed E-state index contributed by atoms with van der Waals surface area (Å²) in [5.74, 6) is 0.270. The first kappa shape index (κ1) is 18.6. The Morgan fingerprint density at radius 2 is 1.50 bits per heavy atom. The third kappa shape index (κ3) is 4.50. The van der Waals surface area contributed by atoms with Crippen molar-refractivity contribution in [1.29, 1.82) is 0 Å². The van der Waals surface area contributed by atoms with E-state index in [4.69, 9.17) is 39.5 Å². The highest BCUT2D eigenvalue weighted by Crippen LogP contribution is 2.32. The summed E-state index contributed by atoms with van der Waals surface area (Å²) >= 11 is 18.1. The van der Waals surface area contributed by atoms with Crippen molar-refractivity contribution in [2.75, 3.05) is 5.32 Å². The summed E-state index contributed by atoms with van der Waals surface area (Å²) in [5.41, 5.74) is 1.81. The third-order valence-electron chi connectivity index (χ3n) is 3.63. The predicted molar refractivity (Wildman–Crippen MR) is 107 cm³/mol. The van der Waals surface area contributed by atoms with Crippen LogP contribution in [0, 0.1) is 0 Å². The molecule has 0 fully saturated rings. The lowest BCUT2D eigenvalue weighted by Crippen LogP contribution is -2.13. The maximum atomic E-state index is 12.4. The Morgan fingerprint density at radius 1 is 0.846 bits per heavy atom. The minimum Gasteiger partial charge on any atom is -0.489 e. The van der Waals surface area contributed by atoms with Gasteiger partial charge < -0.3 is 10.1 Å². The van der Waals surface area contributed by atoms with Crippen LogP contribution in [0.3, 0.4) is 0 Å². The van der Waals surface area contributed by atoms with Gasteiger partial charge in [0.15, 0.2) is 0 Å². The molecule has 132 valence electrons. The number of rotatable bonds is 5. The van der Waals surface area contributed by atoms with E-state index in [0.29, 0.717) is 18.0 Å². The molecule has 1 amide bonds. The number of amides is 1. The van der Waals surface area contributed by atoms with Gasteiger partial charge in [-0.1, -0.05) is 65.1 Å². The van der Waals surface area contributed by atoms with Crippen LogP contribution in [0.15, 0.2) is 66.7 Å². The monoisotopic (exact) mass is 405 g/mol. The summed E-state index contributed by atoms with van der Waals surface area (Å²) < 4.78 is 5.72. The van der Waals surface area contributed by atoms with Gasteiger partial charge in [-0.25, -0.2) is 0 Å². The molecule has 0 radical (unpaired) electrons. The lowest BCUT2D eigenvalue weighted by Gasteiger charge is -2.11. The molecular weight excluding hydrogens is 393 g/mol. The van der Waals surface area contributed by atoms with Crippen molar-refractivity contribution in [2.24, 2.45) is 0 Å². The van der Waals surface area contributed by atoms with Crippen LogP contribution in [-0.2, 0) is 6.61 Å². The second-order valence-corrected chi connectivity index (χ2v) is 6.66. The molecule has 0 aliphatic carbocycles. The Bertz CT molecular complexity index is 912. The number of benzene rings is 3. The Morgan fingerprint density at radius 3 is 2.19 bits per heavy atom. The molecule has 3 rings (SSSR count). The van der Waals surface area contributed by atoms with Crippen molar-refractivity contribution in [3.63, 3.8) is 0 Å². The van der Waals surface area contributed by atoms with Crippen LogP contribution in [0.4, 0.5) is 5.69 Å². The topological polar surface area (TPSA) is 38.3 Å².